The Bertz CT molecular complexity index is 1220. The van der Waals surface area contributed by atoms with Gasteiger partial charge in [-0.15, -0.1) is 0 Å². The van der Waals surface area contributed by atoms with Crippen molar-refractivity contribution in [2.45, 2.75) is 71.1 Å². The lowest BCUT2D eigenvalue weighted by Gasteiger charge is -2.35. The number of amides is 3. The number of nitrogens with zero attached hydrogens (tertiary/aromatic N) is 3. The summed E-state index contributed by atoms with van der Waals surface area (Å²) in [4.78, 5) is 44.0. The molecule has 1 unspecified atom stereocenters. The summed E-state index contributed by atoms with van der Waals surface area (Å²) >= 11 is 2.08. The van der Waals surface area contributed by atoms with E-state index in [1.165, 1.54) is 17.6 Å². The van der Waals surface area contributed by atoms with Gasteiger partial charge in [-0.05, 0) is 66.4 Å². The zero-order valence-electron chi connectivity index (χ0n) is 21.5. The van der Waals surface area contributed by atoms with Crippen molar-refractivity contribution in [2.24, 2.45) is 5.92 Å². The number of carbonyl (C=O) groups excluding carboxylic acids is 3. The lowest BCUT2D eigenvalue weighted by molar-refractivity contribution is -0.144. The molecule has 2 aliphatic heterocycles. The van der Waals surface area contributed by atoms with E-state index >= 15 is 0 Å². The highest BCUT2D eigenvalue weighted by Gasteiger charge is 2.44. The molecule has 7 heteroatoms. The second-order valence-electron chi connectivity index (χ2n) is 10.6. The Morgan fingerprint density at radius 3 is 2.51 bits per heavy atom. The zero-order chi connectivity index (χ0) is 26.1. The molecule has 2 aromatic rings. The maximum absolute atomic E-state index is 13.9. The van der Waals surface area contributed by atoms with Gasteiger partial charge in [0.1, 0.15) is 12.1 Å². The summed E-state index contributed by atoms with van der Waals surface area (Å²) in [6.45, 7) is 5.41. The molecule has 37 heavy (non-hydrogen) atoms. The fraction of sp³-hybridized carbons (Fsp3) is 0.433. The molecule has 1 saturated heterocycles. The fourth-order valence-corrected chi connectivity index (χ4v) is 6.61. The first-order valence-electron chi connectivity index (χ1n) is 13.3. The number of likely N-dealkylation sites (tertiary alicyclic amines) is 1. The van der Waals surface area contributed by atoms with E-state index in [4.69, 9.17) is 0 Å². The van der Waals surface area contributed by atoms with Crippen LogP contribution < -0.4 is 0 Å². The van der Waals surface area contributed by atoms with E-state index in [0.29, 0.717) is 31.6 Å². The largest absolute Gasteiger partial charge is 0.329 e. The third kappa shape index (κ3) is 5.19. The topological polar surface area (TPSA) is 60.9 Å². The normalized spacial score (nSPS) is 19.8. The van der Waals surface area contributed by atoms with Crippen molar-refractivity contribution in [3.05, 3.63) is 76.9 Å². The van der Waals surface area contributed by atoms with Gasteiger partial charge < -0.3 is 9.80 Å². The molecule has 3 amide bonds. The quantitative estimate of drug-likeness (QED) is 0.303. The smallest absolute Gasteiger partial charge is 0.255 e. The highest BCUT2D eigenvalue weighted by molar-refractivity contribution is 14.1. The van der Waals surface area contributed by atoms with Gasteiger partial charge >= 0.3 is 0 Å². The summed E-state index contributed by atoms with van der Waals surface area (Å²) in [5.74, 6) is -0.332. The first-order chi connectivity index (χ1) is 17.8. The molecule has 194 valence electrons. The van der Waals surface area contributed by atoms with Crippen molar-refractivity contribution in [3.8, 4) is 0 Å². The molecule has 0 radical (unpaired) electrons. The van der Waals surface area contributed by atoms with Crippen LogP contribution in [0.2, 0.25) is 0 Å². The van der Waals surface area contributed by atoms with E-state index in [1.807, 2.05) is 38.1 Å². The van der Waals surface area contributed by atoms with Gasteiger partial charge in [0.25, 0.3) is 11.8 Å². The van der Waals surface area contributed by atoms with Crippen LogP contribution in [0.25, 0.3) is 5.57 Å². The predicted molar refractivity (Wildman–Crippen MR) is 153 cm³/mol. The van der Waals surface area contributed by atoms with Gasteiger partial charge in [0.2, 0.25) is 5.91 Å². The van der Waals surface area contributed by atoms with Gasteiger partial charge in [0, 0.05) is 18.7 Å². The molecular formula is C30H34IN3O3. The lowest BCUT2D eigenvalue weighted by Crippen LogP contribution is -2.55. The Kier molecular flexibility index (Phi) is 7.70. The van der Waals surface area contributed by atoms with Gasteiger partial charge in [-0.1, -0.05) is 62.4 Å². The highest BCUT2D eigenvalue weighted by atomic mass is 127. The fourth-order valence-electron chi connectivity index (χ4n) is 5.89. The molecule has 1 aliphatic carbocycles. The molecule has 0 aromatic heterocycles. The van der Waals surface area contributed by atoms with Gasteiger partial charge in [-0.25, -0.2) is 0 Å². The molecule has 3 aliphatic rings. The Balaban J connectivity index is 1.27. The molecule has 2 aromatic carbocycles. The van der Waals surface area contributed by atoms with Gasteiger partial charge in [0.05, 0.1) is 29.4 Å². The molecule has 5 rings (SSSR count). The van der Waals surface area contributed by atoms with Crippen LogP contribution in [-0.4, -0.2) is 49.3 Å². The summed E-state index contributed by atoms with van der Waals surface area (Å²) in [6, 6.07) is 14.9. The minimum Gasteiger partial charge on any atom is -0.329 e. The Labute approximate surface area is 233 Å². The molecule has 0 N–H and O–H groups in total. The molecule has 2 atom stereocenters. The zero-order valence-corrected chi connectivity index (χ0v) is 23.7. The molecule has 0 saturated carbocycles. The van der Waals surface area contributed by atoms with Crippen molar-refractivity contribution in [1.82, 2.24) is 12.9 Å². The third-order valence-corrected chi connectivity index (χ3v) is 8.63. The van der Waals surface area contributed by atoms with Gasteiger partial charge in [0.15, 0.2) is 0 Å². The summed E-state index contributed by atoms with van der Waals surface area (Å²) in [5.41, 5.74) is 5.37. The number of benzene rings is 2. The second kappa shape index (κ2) is 11.0. The van der Waals surface area contributed by atoms with E-state index in [2.05, 4.69) is 53.2 Å². The number of allylic oxidation sites excluding steroid dienone is 2. The van der Waals surface area contributed by atoms with Crippen LogP contribution in [-0.2, 0) is 22.7 Å². The second-order valence-corrected chi connectivity index (χ2v) is 11.8. The average Bonchev–Trinajstić information content (AvgIpc) is 3.65. The Morgan fingerprint density at radius 2 is 1.84 bits per heavy atom. The Hall–Kier alpha value is -2.68. The third-order valence-electron chi connectivity index (χ3n) is 7.82. The van der Waals surface area contributed by atoms with Crippen molar-refractivity contribution in [1.29, 1.82) is 0 Å². The monoisotopic (exact) mass is 611 g/mol. The molecule has 0 bridgehead atoms. The number of rotatable bonds is 7. The lowest BCUT2D eigenvalue weighted by atomic mass is 10.0. The van der Waals surface area contributed by atoms with Crippen LogP contribution in [0.5, 0.6) is 0 Å². The van der Waals surface area contributed by atoms with Crippen molar-refractivity contribution in [3.63, 3.8) is 0 Å². The minimum absolute atomic E-state index is 0.0485. The highest BCUT2D eigenvalue weighted by Crippen LogP contribution is 2.31. The van der Waals surface area contributed by atoms with E-state index in [9.17, 15) is 14.4 Å². The van der Waals surface area contributed by atoms with Crippen LogP contribution in [0.1, 0.15) is 73.0 Å². The van der Waals surface area contributed by atoms with Crippen LogP contribution in [0.4, 0.5) is 0 Å². The number of hydrogen-bond donors (Lipinski definition) is 0. The minimum atomic E-state index is -0.589. The molecule has 0 spiro atoms. The van der Waals surface area contributed by atoms with E-state index in [-0.39, 0.29) is 23.6 Å². The first kappa shape index (κ1) is 25.9. The van der Waals surface area contributed by atoms with Crippen LogP contribution in [0.15, 0.2) is 54.6 Å². The number of halogens is 1. The molecule has 2 heterocycles. The number of fused-ring (bicyclic) bond motifs is 1. The predicted octanol–water partition coefficient (Wildman–Crippen LogP) is 5.60. The van der Waals surface area contributed by atoms with E-state index in [0.717, 1.165) is 30.4 Å². The van der Waals surface area contributed by atoms with Crippen LogP contribution in [0, 0.1) is 5.92 Å². The van der Waals surface area contributed by atoms with Crippen molar-refractivity contribution >= 4 is 46.2 Å². The first-order valence-corrected chi connectivity index (χ1v) is 14.3. The average molecular weight is 612 g/mol. The van der Waals surface area contributed by atoms with E-state index < -0.39 is 12.1 Å². The maximum atomic E-state index is 13.9. The SMILES string of the molecule is CC(C)C(C(=O)N1CCC[C@H]1C(=O)N(I)Cc1ccc(C2=CCCC2)cc1)N1Cc2ccccc2C1=O. The Morgan fingerprint density at radius 1 is 1.08 bits per heavy atom. The summed E-state index contributed by atoms with van der Waals surface area (Å²) < 4.78 is 1.71. The summed E-state index contributed by atoms with van der Waals surface area (Å²) in [5, 5.41) is 0. The number of hydrogen-bond acceptors (Lipinski definition) is 3. The van der Waals surface area contributed by atoms with Gasteiger partial charge in [-0.3, -0.25) is 17.5 Å². The van der Waals surface area contributed by atoms with Crippen molar-refractivity contribution < 1.29 is 14.4 Å². The maximum Gasteiger partial charge on any atom is 0.255 e. The summed E-state index contributed by atoms with van der Waals surface area (Å²) in [7, 11) is 0. The molecule has 1 fully saturated rings. The standard InChI is InChI=1S/C30H34IN3O3/c1-20(2)27(33-19-24-10-5-6-11-25(24)28(33)35)30(37)32-17-7-12-26(32)29(36)34(31)18-21-13-15-23(16-14-21)22-8-3-4-9-22/h5-6,8,10-11,13-16,20,26-27H,3-4,7,9,12,17-19H2,1-2H3/t26-,27?/m0/s1. The van der Waals surface area contributed by atoms with Gasteiger partial charge in [-0.2, -0.15) is 0 Å². The van der Waals surface area contributed by atoms with Crippen LogP contribution >= 0.6 is 22.9 Å². The van der Waals surface area contributed by atoms with Crippen LogP contribution in [0.3, 0.4) is 0 Å². The molecular weight excluding hydrogens is 577 g/mol. The van der Waals surface area contributed by atoms with E-state index in [1.54, 1.807) is 12.9 Å². The summed E-state index contributed by atoms with van der Waals surface area (Å²) in [6.07, 6.45) is 7.26. The van der Waals surface area contributed by atoms with Crippen molar-refractivity contribution in [2.75, 3.05) is 6.54 Å². The molecule has 6 nitrogen and oxygen atoms in total. The number of carbonyl (C=O) groups is 3.